The molecule has 0 fully saturated rings. The van der Waals surface area contributed by atoms with Gasteiger partial charge in [0.1, 0.15) is 0 Å². The van der Waals surface area contributed by atoms with E-state index in [1.54, 1.807) is 18.2 Å². The number of carbonyl (C=O) groups excluding carboxylic acids is 2. The largest absolute Gasteiger partial charge is 0.333 e. The average molecular weight is 347 g/mol. The molecule has 2 aromatic rings. The molecule has 1 atom stereocenters. The first kappa shape index (κ1) is 17.8. The summed E-state index contributed by atoms with van der Waals surface area (Å²) in [7, 11) is 0. The van der Waals surface area contributed by atoms with Crippen molar-refractivity contribution in [1.29, 1.82) is 0 Å². The molecule has 0 saturated carbocycles. The first-order chi connectivity index (χ1) is 11.6. The van der Waals surface area contributed by atoms with E-state index < -0.39 is 18.0 Å². The Bertz CT molecular complexity index is 694. The van der Waals surface area contributed by atoms with Crippen LogP contribution >= 0.6 is 11.6 Å². The van der Waals surface area contributed by atoms with Crippen LogP contribution in [0.15, 0.2) is 54.6 Å². The Hall–Kier alpha value is -2.57. The van der Waals surface area contributed by atoms with Crippen LogP contribution in [0, 0.1) is 0 Å². The number of nitrogens with two attached hydrogens (primary N) is 1. The van der Waals surface area contributed by atoms with Crippen molar-refractivity contribution in [3.05, 3.63) is 70.7 Å². The lowest BCUT2D eigenvalue weighted by molar-refractivity contribution is -0.123. The number of hydrogen-bond donors (Lipinski definition) is 4. The van der Waals surface area contributed by atoms with E-state index in [4.69, 9.17) is 17.3 Å². The van der Waals surface area contributed by atoms with Gasteiger partial charge in [-0.3, -0.25) is 10.2 Å². The Morgan fingerprint density at radius 1 is 1.00 bits per heavy atom. The fourth-order valence-electron chi connectivity index (χ4n) is 2.03. The molecule has 3 amide bonds. The van der Waals surface area contributed by atoms with E-state index in [9.17, 15) is 9.59 Å². The van der Waals surface area contributed by atoms with Crippen molar-refractivity contribution in [3.8, 4) is 0 Å². The quantitative estimate of drug-likeness (QED) is 0.621. The minimum absolute atomic E-state index is 0.247. The summed E-state index contributed by atoms with van der Waals surface area (Å²) in [4.78, 5) is 23.6. The van der Waals surface area contributed by atoms with Gasteiger partial charge in [-0.15, -0.1) is 0 Å². The molecule has 0 heterocycles. The molecule has 0 spiro atoms. The molecule has 0 saturated heterocycles. The maximum Gasteiger partial charge on any atom is 0.333 e. The molecule has 0 bridgehead atoms. The Kier molecular flexibility index (Phi) is 6.60. The van der Waals surface area contributed by atoms with Crippen molar-refractivity contribution in [2.45, 2.75) is 19.0 Å². The van der Waals surface area contributed by atoms with Gasteiger partial charge < -0.3 is 11.1 Å². The Balaban J connectivity index is 1.73. The van der Waals surface area contributed by atoms with E-state index in [1.807, 2.05) is 36.4 Å². The van der Waals surface area contributed by atoms with Crippen LogP contribution in [0.25, 0.3) is 0 Å². The summed E-state index contributed by atoms with van der Waals surface area (Å²) >= 11 is 6.00. The summed E-state index contributed by atoms with van der Waals surface area (Å²) in [5, 5.41) is 3.16. The maximum absolute atomic E-state index is 11.9. The predicted molar refractivity (Wildman–Crippen MR) is 93.1 cm³/mol. The van der Waals surface area contributed by atoms with Gasteiger partial charge in [-0.1, -0.05) is 60.1 Å². The van der Waals surface area contributed by atoms with Crippen molar-refractivity contribution in [2.24, 2.45) is 5.73 Å². The van der Waals surface area contributed by atoms with Gasteiger partial charge in [0, 0.05) is 11.6 Å². The second kappa shape index (κ2) is 8.90. The van der Waals surface area contributed by atoms with E-state index in [0.29, 0.717) is 11.4 Å². The van der Waals surface area contributed by atoms with E-state index in [2.05, 4.69) is 16.2 Å². The third-order valence-corrected chi connectivity index (χ3v) is 3.70. The number of amides is 3. The lowest BCUT2D eigenvalue weighted by Gasteiger charge is -2.14. The lowest BCUT2D eigenvalue weighted by Crippen LogP contribution is -2.52. The summed E-state index contributed by atoms with van der Waals surface area (Å²) in [6, 6.07) is 15.3. The Morgan fingerprint density at radius 3 is 2.38 bits per heavy atom. The molecule has 0 radical (unpaired) electrons. The molecule has 126 valence electrons. The highest BCUT2D eigenvalue weighted by Gasteiger charge is 2.14. The summed E-state index contributed by atoms with van der Waals surface area (Å²) in [6.07, 6.45) is 0.385. The molecule has 5 N–H and O–H groups in total. The number of nitrogens with one attached hydrogen (secondary N) is 3. The molecule has 7 heteroatoms. The molecule has 6 nitrogen and oxygen atoms in total. The third kappa shape index (κ3) is 5.57. The van der Waals surface area contributed by atoms with Gasteiger partial charge in [-0.05, 0) is 23.6 Å². The number of halogens is 1. The predicted octanol–water partition coefficient (Wildman–Crippen LogP) is 1.74. The van der Waals surface area contributed by atoms with Crippen molar-refractivity contribution in [2.75, 3.05) is 0 Å². The van der Waals surface area contributed by atoms with Crippen LogP contribution in [0.5, 0.6) is 0 Å². The summed E-state index contributed by atoms with van der Waals surface area (Å²) in [6.45, 7) is 0.247. The number of hydrazine groups is 1. The highest BCUT2D eigenvalue weighted by molar-refractivity contribution is 6.31. The molecular formula is C17H19ClN4O2. The fourth-order valence-corrected chi connectivity index (χ4v) is 2.24. The van der Waals surface area contributed by atoms with Crippen LogP contribution in [0.2, 0.25) is 5.02 Å². The van der Waals surface area contributed by atoms with Crippen LogP contribution < -0.4 is 21.9 Å². The minimum atomic E-state index is -0.753. The van der Waals surface area contributed by atoms with Gasteiger partial charge in [-0.2, -0.15) is 0 Å². The van der Waals surface area contributed by atoms with E-state index >= 15 is 0 Å². The van der Waals surface area contributed by atoms with Gasteiger partial charge >= 0.3 is 6.03 Å². The standard InChI is InChI=1S/C17H19ClN4O2/c18-14-9-5-4-8-13(14)11-20-17(24)22-21-16(23)15(19)10-12-6-2-1-3-7-12/h1-9,15H,10-11,19H2,(H,21,23)(H2,20,22,24)/t15-/m1/s1. The van der Waals surface area contributed by atoms with Crippen LogP contribution in [-0.2, 0) is 17.8 Å². The molecule has 24 heavy (non-hydrogen) atoms. The highest BCUT2D eigenvalue weighted by Crippen LogP contribution is 2.14. The Morgan fingerprint density at radius 2 is 1.67 bits per heavy atom. The molecule has 0 aliphatic rings. The third-order valence-electron chi connectivity index (χ3n) is 3.33. The van der Waals surface area contributed by atoms with E-state index in [1.165, 1.54) is 0 Å². The van der Waals surface area contributed by atoms with Gasteiger partial charge in [0.05, 0.1) is 6.04 Å². The molecule has 0 unspecified atom stereocenters. The van der Waals surface area contributed by atoms with Crippen LogP contribution in [0.1, 0.15) is 11.1 Å². The zero-order valence-electron chi connectivity index (χ0n) is 13.0. The lowest BCUT2D eigenvalue weighted by atomic mass is 10.1. The van der Waals surface area contributed by atoms with Crippen molar-refractivity contribution >= 4 is 23.5 Å². The average Bonchev–Trinajstić information content (AvgIpc) is 2.59. The number of rotatable bonds is 5. The fraction of sp³-hybridized carbons (Fsp3) is 0.176. The van der Waals surface area contributed by atoms with Crippen molar-refractivity contribution < 1.29 is 9.59 Å². The van der Waals surface area contributed by atoms with Crippen LogP contribution in [0.4, 0.5) is 4.79 Å². The molecule has 2 rings (SSSR count). The number of carbonyl (C=O) groups is 2. The zero-order chi connectivity index (χ0) is 17.4. The second-order valence-corrected chi connectivity index (χ2v) is 5.59. The normalized spacial score (nSPS) is 11.4. The summed E-state index contributed by atoms with van der Waals surface area (Å²) < 4.78 is 0. The van der Waals surface area contributed by atoms with Gasteiger partial charge in [0.2, 0.25) is 0 Å². The van der Waals surface area contributed by atoms with Crippen LogP contribution in [-0.4, -0.2) is 18.0 Å². The van der Waals surface area contributed by atoms with E-state index in [-0.39, 0.29) is 6.54 Å². The van der Waals surface area contributed by atoms with Gasteiger partial charge in [0.25, 0.3) is 5.91 Å². The molecule has 0 aliphatic heterocycles. The summed E-state index contributed by atoms with van der Waals surface area (Å²) in [5.41, 5.74) is 12.1. The molecule has 0 aliphatic carbocycles. The smallest absolute Gasteiger partial charge is 0.333 e. The Labute approximate surface area is 145 Å². The van der Waals surface area contributed by atoms with Crippen molar-refractivity contribution in [1.82, 2.24) is 16.2 Å². The number of benzene rings is 2. The second-order valence-electron chi connectivity index (χ2n) is 5.18. The highest BCUT2D eigenvalue weighted by atomic mass is 35.5. The maximum atomic E-state index is 11.9. The van der Waals surface area contributed by atoms with Crippen LogP contribution in [0.3, 0.4) is 0 Å². The van der Waals surface area contributed by atoms with Crippen molar-refractivity contribution in [3.63, 3.8) is 0 Å². The number of urea groups is 1. The molecule has 2 aromatic carbocycles. The monoisotopic (exact) mass is 346 g/mol. The SMILES string of the molecule is N[C@H](Cc1ccccc1)C(=O)NNC(=O)NCc1ccccc1Cl. The first-order valence-electron chi connectivity index (χ1n) is 7.43. The molecule has 0 aromatic heterocycles. The van der Waals surface area contributed by atoms with Gasteiger partial charge in [0.15, 0.2) is 0 Å². The number of hydrogen-bond acceptors (Lipinski definition) is 3. The first-order valence-corrected chi connectivity index (χ1v) is 7.80. The zero-order valence-corrected chi connectivity index (χ0v) is 13.7. The topological polar surface area (TPSA) is 96.2 Å². The summed E-state index contributed by atoms with van der Waals surface area (Å²) in [5.74, 6) is -0.466. The van der Waals surface area contributed by atoms with Gasteiger partial charge in [-0.25, -0.2) is 10.2 Å². The molecular weight excluding hydrogens is 328 g/mol. The van der Waals surface area contributed by atoms with E-state index in [0.717, 1.165) is 11.1 Å². The minimum Gasteiger partial charge on any atom is -0.333 e.